The SMILES string of the molecule is CC(C)CC(=O)Nc1cncc(-c2ccc3[nH]nc(-c4nc5c(-c6ccncc6)cncc5[nH]4)c3c2)c1.CCC(=O)Nc1cncc(-c2ccc3[nH]nc(-c4nc5c(-c6ccncc6)cncc5[nH]4)c3c2)c1.Nc1cncc(-c2ccc3[nH]nc(-c4nc5c(-c6ccncc6)cncc5[nH]4)c3c2)c1.c1cncc(-c2ccc3[nH]nc(-c4nc5c(-c6ccncc6)cncc5[nH]4)c3c2)c1. The average molecular weight is 1740 g/mol. The summed E-state index contributed by atoms with van der Waals surface area (Å²) in [6, 6.07) is 49.6. The Kier molecular flexibility index (Phi) is 21.7. The molecule has 24 aromatic rings. The van der Waals surface area contributed by atoms with E-state index in [1.165, 1.54) is 0 Å². The zero-order valence-electron chi connectivity index (χ0n) is 71.1. The maximum absolute atomic E-state index is 12.2. The summed E-state index contributed by atoms with van der Waals surface area (Å²) in [6.45, 7) is 5.85. The van der Waals surface area contributed by atoms with Crippen molar-refractivity contribution in [1.82, 2.24) is 140 Å². The number of nitrogens with zero attached hydrogens (tertiary/aromatic N) is 20. The predicted octanol–water partition coefficient (Wildman–Crippen LogP) is 19.4. The van der Waals surface area contributed by atoms with E-state index in [4.69, 9.17) is 25.7 Å². The van der Waals surface area contributed by atoms with Gasteiger partial charge in [-0.25, -0.2) is 19.9 Å². The number of rotatable bonds is 17. The fourth-order valence-electron chi connectivity index (χ4n) is 16.0. The van der Waals surface area contributed by atoms with Crippen molar-refractivity contribution in [3.05, 3.63) is 300 Å². The Balaban J connectivity index is 0.000000107. The number of nitrogens with two attached hydrogens (primary N) is 1. The number of carbonyl (C=O) groups is 2. The van der Waals surface area contributed by atoms with Crippen LogP contribution in [0.15, 0.2) is 300 Å². The third-order valence-electron chi connectivity index (χ3n) is 22.4. The first-order chi connectivity index (χ1) is 65.4. The lowest BCUT2D eigenvalue weighted by molar-refractivity contribution is -0.117. The molecule has 20 aromatic heterocycles. The first kappa shape index (κ1) is 81.2. The minimum absolute atomic E-state index is 0.0213. The minimum atomic E-state index is -0.0537. The Labute approximate surface area is 753 Å². The van der Waals surface area contributed by atoms with Crippen molar-refractivity contribution in [2.75, 3.05) is 16.4 Å². The van der Waals surface area contributed by atoms with Crippen molar-refractivity contribution in [3.8, 4) is 135 Å². The van der Waals surface area contributed by atoms with E-state index in [-0.39, 0.29) is 17.7 Å². The predicted molar refractivity (Wildman–Crippen MR) is 513 cm³/mol. The second-order valence-electron chi connectivity index (χ2n) is 31.7. The summed E-state index contributed by atoms with van der Waals surface area (Å²) >= 11 is 0. The number of carbonyl (C=O) groups excluding carboxylic acids is 2. The molecule has 0 aliphatic carbocycles. The van der Waals surface area contributed by atoms with Gasteiger partial charge < -0.3 is 36.3 Å². The third-order valence-corrected chi connectivity index (χ3v) is 22.4. The van der Waals surface area contributed by atoms with E-state index >= 15 is 0 Å². The number of fused-ring (bicyclic) bond motifs is 8. The summed E-state index contributed by atoms with van der Waals surface area (Å²) in [4.78, 5) is 108. The smallest absolute Gasteiger partial charge is 0.224 e. The Bertz CT molecular complexity index is 8420. The second-order valence-corrected chi connectivity index (χ2v) is 31.7. The Morgan fingerprint density at radius 1 is 0.293 bits per heavy atom. The van der Waals surface area contributed by atoms with Crippen molar-refractivity contribution in [1.29, 1.82) is 0 Å². The maximum atomic E-state index is 12.2. The summed E-state index contributed by atoms with van der Waals surface area (Å²) in [5.41, 5.74) is 36.7. The number of hydrogen-bond acceptors (Lipinski definition) is 23. The summed E-state index contributed by atoms with van der Waals surface area (Å²) in [7, 11) is 0. The van der Waals surface area contributed by atoms with Gasteiger partial charge in [0.25, 0.3) is 0 Å². The molecule has 642 valence electrons. The monoisotopic (exact) mass is 1740 g/mol. The van der Waals surface area contributed by atoms with Crippen LogP contribution in [0.5, 0.6) is 0 Å². The van der Waals surface area contributed by atoms with Gasteiger partial charge in [-0.15, -0.1) is 0 Å². The van der Waals surface area contributed by atoms with Crippen molar-refractivity contribution in [3.63, 3.8) is 0 Å². The molecule has 0 fully saturated rings. The van der Waals surface area contributed by atoms with Gasteiger partial charge in [-0.3, -0.25) is 89.8 Å². The number of hydrogen-bond donors (Lipinski definition) is 11. The van der Waals surface area contributed by atoms with E-state index in [1.54, 1.807) is 124 Å². The molecular formula is C100H75N31O2. The maximum Gasteiger partial charge on any atom is 0.224 e. The van der Waals surface area contributed by atoms with Crippen LogP contribution in [0.1, 0.15) is 33.6 Å². The van der Waals surface area contributed by atoms with E-state index < -0.39 is 0 Å². The van der Waals surface area contributed by atoms with Gasteiger partial charge in [0.2, 0.25) is 11.8 Å². The largest absolute Gasteiger partial charge is 0.397 e. The van der Waals surface area contributed by atoms with Crippen LogP contribution in [0.4, 0.5) is 17.1 Å². The van der Waals surface area contributed by atoms with E-state index in [1.807, 2.05) is 173 Å². The van der Waals surface area contributed by atoms with E-state index in [0.29, 0.717) is 64.6 Å². The molecular weight excluding hydrogens is 1670 g/mol. The standard InChI is InChI=1S/C28H24N8O.C26H20N8O.C23H16N8.C23H15N7/c1-16(2)9-25(37)32-20-10-19(12-30-13-20)18-3-4-23-21(11-18)27(36-35-23)28-33-24-15-31-14-22(26(24)34-28)17-5-7-29-8-6-17;1-2-23(35)30-18-9-17(11-28-12-18)16-3-4-21-19(10-16)25(34-33-21)26-31-22-14-29-13-20(24(22)32-26)15-5-7-27-8-6-15;24-16-7-15(9-26-10-16)14-1-2-19-17(8-14)22(31-30-19)23-28-20-12-27-11-18(21(20)29-23)13-3-5-25-6-4-13;1-2-16(11-25-7-1)15-3-4-19-17(10-15)22(30-29-19)23-27-20-13-26-12-18(21(20)28-23)14-5-8-24-9-6-14/h3-8,10-16H,9H2,1-2H3,(H,32,37)(H,33,34)(H,35,36);3-14H,2H2,1H3,(H,30,35)(H,31,32)(H,33,34);1-12H,24H2,(H,28,29)(H,30,31);1-13H,(H,27,28)(H,29,30). The van der Waals surface area contributed by atoms with Gasteiger partial charge >= 0.3 is 0 Å². The normalized spacial score (nSPS) is 11.3. The zero-order valence-corrected chi connectivity index (χ0v) is 71.1. The summed E-state index contributed by atoms with van der Waals surface area (Å²) in [6.07, 6.45) is 43.2. The van der Waals surface area contributed by atoms with Gasteiger partial charge in [-0.2, -0.15) is 20.4 Å². The number of benzene rings is 4. The molecule has 0 spiro atoms. The number of imidazole rings is 4. The fourth-order valence-corrected chi connectivity index (χ4v) is 16.0. The molecule has 0 atom stereocenters. The lowest BCUT2D eigenvalue weighted by atomic mass is 10.0. The van der Waals surface area contributed by atoms with Gasteiger partial charge in [0.05, 0.1) is 120 Å². The van der Waals surface area contributed by atoms with Crippen molar-refractivity contribution >= 4 is 117 Å². The topological polar surface area (TPSA) is 468 Å². The third kappa shape index (κ3) is 16.7. The molecule has 20 heterocycles. The summed E-state index contributed by atoms with van der Waals surface area (Å²) < 4.78 is 0. The van der Waals surface area contributed by atoms with Gasteiger partial charge in [0.15, 0.2) is 23.3 Å². The summed E-state index contributed by atoms with van der Waals surface area (Å²) in [5.74, 6) is 2.88. The number of amides is 2. The van der Waals surface area contributed by atoms with Gasteiger partial charge in [0, 0.05) is 190 Å². The molecule has 0 aliphatic heterocycles. The van der Waals surface area contributed by atoms with Crippen LogP contribution >= 0.6 is 0 Å². The lowest BCUT2D eigenvalue weighted by Gasteiger charge is -2.09. The van der Waals surface area contributed by atoms with Crippen LogP contribution in [-0.4, -0.2) is 152 Å². The van der Waals surface area contributed by atoms with Crippen molar-refractivity contribution in [2.24, 2.45) is 5.92 Å². The number of anilines is 3. The van der Waals surface area contributed by atoms with Crippen molar-refractivity contribution in [2.45, 2.75) is 33.6 Å². The molecule has 33 nitrogen and oxygen atoms in total. The highest BCUT2D eigenvalue weighted by Gasteiger charge is 2.24. The van der Waals surface area contributed by atoms with E-state index in [9.17, 15) is 9.59 Å². The fraction of sp³-hybridized carbons (Fsp3) is 0.0600. The number of aromatic amines is 8. The molecule has 0 saturated carbocycles. The molecule has 12 N–H and O–H groups in total. The van der Waals surface area contributed by atoms with Crippen LogP contribution in [0.2, 0.25) is 0 Å². The lowest BCUT2D eigenvalue weighted by Crippen LogP contribution is -2.13. The Morgan fingerprint density at radius 3 is 0.917 bits per heavy atom. The molecule has 33 heteroatoms. The minimum Gasteiger partial charge on any atom is -0.397 e. The van der Waals surface area contributed by atoms with E-state index in [0.717, 1.165) is 188 Å². The molecule has 0 radical (unpaired) electrons. The van der Waals surface area contributed by atoms with Crippen LogP contribution in [-0.2, 0) is 9.59 Å². The molecule has 24 rings (SSSR count). The quantitative estimate of drug-likeness (QED) is 0.0403. The number of aromatic nitrogens is 28. The van der Waals surface area contributed by atoms with Gasteiger partial charge in [0.1, 0.15) is 22.8 Å². The number of H-pyrrole nitrogens is 8. The zero-order chi connectivity index (χ0) is 89.8. The highest BCUT2D eigenvalue weighted by molar-refractivity contribution is 6.04. The Morgan fingerprint density at radius 2 is 0.602 bits per heavy atom. The molecule has 0 unspecified atom stereocenters. The number of nitrogen functional groups attached to an aromatic ring is 1. The van der Waals surface area contributed by atoms with Crippen molar-refractivity contribution < 1.29 is 9.59 Å². The van der Waals surface area contributed by atoms with Gasteiger partial charge in [-0.05, 0) is 172 Å². The molecule has 0 aliphatic rings. The first-order valence-corrected chi connectivity index (χ1v) is 42.4. The molecule has 4 aromatic carbocycles. The number of pyridine rings is 12. The van der Waals surface area contributed by atoms with Gasteiger partial charge in [-0.1, -0.05) is 51.1 Å². The first-order valence-electron chi connectivity index (χ1n) is 42.4. The van der Waals surface area contributed by atoms with E-state index in [2.05, 4.69) is 155 Å². The number of nitrogens with one attached hydrogen (secondary N) is 10. The Hall–Kier alpha value is -18.8. The molecule has 0 bridgehead atoms. The van der Waals surface area contributed by atoms with Crippen LogP contribution in [0, 0.1) is 5.92 Å². The summed E-state index contributed by atoms with van der Waals surface area (Å²) in [5, 5.41) is 40.2. The average Bonchev–Trinajstić information content (AvgIpc) is 1.63. The highest BCUT2D eigenvalue weighted by atomic mass is 16.2. The highest BCUT2D eigenvalue weighted by Crippen LogP contribution is 2.40. The van der Waals surface area contributed by atoms with Crippen LogP contribution < -0.4 is 16.4 Å². The molecule has 133 heavy (non-hydrogen) atoms. The van der Waals surface area contributed by atoms with Crippen LogP contribution in [0.3, 0.4) is 0 Å². The van der Waals surface area contributed by atoms with Crippen LogP contribution in [0.25, 0.3) is 223 Å². The molecule has 2 amide bonds. The molecule has 0 saturated heterocycles. The second kappa shape index (κ2) is 35.5.